The maximum Gasteiger partial charge on any atom is 0.319 e. The first-order valence-corrected chi connectivity index (χ1v) is 8.31. The molecule has 0 fully saturated rings. The summed E-state index contributed by atoms with van der Waals surface area (Å²) in [6.07, 6.45) is 0.460. The summed E-state index contributed by atoms with van der Waals surface area (Å²) in [6.45, 7) is 4.73. The number of carbonyl (C=O) groups excluding carboxylic acids is 2. The van der Waals surface area contributed by atoms with Gasteiger partial charge in [-0.15, -0.1) is 0 Å². The molecule has 1 atom stereocenters. The van der Waals surface area contributed by atoms with Gasteiger partial charge in [-0.25, -0.2) is 0 Å². The maximum atomic E-state index is 12.9. The number of amides is 1. The van der Waals surface area contributed by atoms with Crippen LogP contribution in [0.2, 0.25) is 5.02 Å². The van der Waals surface area contributed by atoms with Crippen LogP contribution in [0.5, 0.6) is 0 Å². The first kappa shape index (κ1) is 19.7. The van der Waals surface area contributed by atoms with Crippen molar-refractivity contribution in [2.75, 3.05) is 11.4 Å². The van der Waals surface area contributed by atoms with Gasteiger partial charge in [0.05, 0.1) is 16.7 Å². The number of fused-ring (bicyclic) bond motifs is 1. The molecule has 0 bridgehead atoms. The van der Waals surface area contributed by atoms with E-state index >= 15 is 0 Å². The van der Waals surface area contributed by atoms with Crippen LogP contribution >= 0.6 is 11.6 Å². The highest BCUT2D eigenvalue weighted by molar-refractivity contribution is 6.33. The van der Waals surface area contributed by atoms with Crippen LogP contribution < -0.4 is 4.90 Å². The Labute approximate surface area is 155 Å². The van der Waals surface area contributed by atoms with Gasteiger partial charge in [0, 0.05) is 6.07 Å². The van der Waals surface area contributed by atoms with Gasteiger partial charge in [0.2, 0.25) is 5.91 Å². The van der Waals surface area contributed by atoms with Crippen molar-refractivity contribution in [3.63, 3.8) is 0 Å². The van der Waals surface area contributed by atoms with Crippen molar-refractivity contribution < 1.29 is 19.2 Å². The number of nitriles is 1. The number of anilines is 1. The molecule has 1 amide bonds. The van der Waals surface area contributed by atoms with Crippen molar-refractivity contribution in [1.29, 1.82) is 5.26 Å². The quantitative estimate of drug-likeness (QED) is 0.262. The normalized spacial score (nSPS) is 17.1. The Balaban J connectivity index is 2.49. The Morgan fingerprint density at radius 1 is 1.50 bits per heavy atom. The number of rotatable bonds is 3. The first-order valence-electron chi connectivity index (χ1n) is 7.93. The van der Waals surface area contributed by atoms with Crippen molar-refractivity contribution in [1.82, 2.24) is 0 Å². The smallest absolute Gasteiger partial charge is 0.319 e. The van der Waals surface area contributed by atoms with Crippen molar-refractivity contribution in [2.45, 2.75) is 39.2 Å². The van der Waals surface area contributed by atoms with Crippen LogP contribution in [0.3, 0.4) is 0 Å². The molecule has 1 aromatic carbocycles. The van der Waals surface area contributed by atoms with Crippen molar-refractivity contribution >= 4 is 34.9 Å². The molecule has 9 heteroatoms. The van der Waals surface area contributed by atoms with Gasteiger partial charge in [-0.2, -0.15) is 5.26 Å². The van der Waals surface area contributed by atoms with E-state index in [4.69, 9.17) is 21.6 Å². The van der Waals surface area contributed by atoms with Crippen LogP contribution in [0.25, 0.3) is 0 Å². The van der Waals surface area contributed by atoms with E-state index in [1.807, 2.05) is 6.07 Å². The van der Waals surface area contributed by atoms with Crippen LogP contribution in [0, 0.1) is 27.4 Å². The van der Waals surface area contributed by atoms with Gasteiger partial charge in [-0.05, 0) is 45.2 Å². The van der Waals surface area contributed by atoms with E-state index in [0.717, 1.165) is 4.90 Å². The second-order valence-corrected chi connectivity index (χ2v) is 7.30. The van der Waals surface area contributed by atoms with E-state index in [9.17, 15) is 19.7 Å². The number of halogens is 1. The summed E-state index contributed by atoms with van der Waals surface area (Å²) >= 11 is 5.95. The zero-order chi connectivity index (χ0) is 19.6. The van der Waals surface area contributed by atoms with Gasteiger partial charge in [-0.1, -0.05) is 11.6 Å². The molecule has 1 unspecified atom stereocenters. The van der Waals surface area contributed by atoms with Crippen molar-refractivity contribution in [2.24, 2.45) is 5.92 Å². The molecule has 0 N–H and O–H groups in total. The van der Waals surface area contributed by atoms with Gasteiger partial charge >= 0.3 is 5.97 Å². The second-order valence-electron chi connectivity index (χ2n) is 6.90. The molecule has 1 heterocycles. The molecule has 0 saturated carbocycles. The molecule has 0 aromatic heterocycles. The Kier molecular flexibility index (Phi) is 5.52. The molecular weight excluding hydrogens is 362 g/mol. The highest BCUT2D eigenvalue weighted by atomic mass is 35.5. The topological polar surface area (TPSA) is 114 Å². The average Bonchev–Trinajstić information content (AvgIpc) is 2.63. The standard InChI is InChI=1S/C17H18ClN3O5/c1-17(2,3)26-16(23)11-5-4-10-8-12(18)14(21(24)25)9-13(10)20(7-6-19)15(11)22/h8-9,11H,4-5,7H2,1-3H3. The number of nitro groups is 1. The Morgan fingerprint density at radius 2 is 2.15 bits per heavy atom. The van der Waals surface area contributed by atoms with Gasteiger partial charge in [0.25, 0.3) is 5.69 Å². The molecule has 138 valence electrons. The fourth-order valence-electron chi connectivity index (χ4n) is 2.74. The van der Waals surface area contributed by atoms with E-state index in [2.05, 4.69) is 0 Å². The molecule has 8 nitrogen and oxygen atoms in total. The summed E-state index contributed by atoms with van der Waals surface area (Å²) in [5.74, 6) is -2.39. The third kappa shape index (κ3) is 4.11. The molecule has 26 heavy (non-hydrogen) atoms. The van der Waals surface area contributed by atoms with E-state index in [1.165, 1.54) is 12.1 Å². The molecule has 0 aliphatic carbocycles. The van der Waals surface area contributed by atoms with Crippen molar-refractivity contribution in [3.05, 3.63) is 32.8 Å². The van der Waals surface area contributed by atoms with Gasteiger partial charge in [0.15, 0.2) is 0 Å². The summed E-state index contributed by atoms with van der Waals surface area (Å²) < 4.78 is 5.31. The number of hydrogen-bond acceptors (Lipinski definition) is 6. The third-order valence-electron chi connectivity index (χ3n) is 3.82. The Morgan fingerprint density at radius 3 is 2.69 bits per heavy atom. The first-order chi connectivity index (χ1) is 12.0. The zero-order valence-corrected chi connectivity index (χ0v) is 15.4. The predicted octanol–water partition coefficient (Wildman–Crippen LogP) is 3.01. The molecule has 1 aliphatic rings. The van der Waals surface area contributed by atoms with Crippen LogP contribution in [0.4, 0.5) is 11.4 Å². The third-order valence-corrected chi connectivity index (χ3v) is 4.12. The number of hydrogen-bond donors (Lipinski definition) is 0. The number of benzene rings is 1. The monoisotopic (exact) mass is 379 g/mol. The lowest BCUT2D eigenvalue weighted by atomic mass is 10.00. The fraction of sp³-hybridized carbons (Fsp3) is 0.471. The summed E-state index contributed by atoms with van der Waals surface area (Å²) in [6, 6.07) is 4.44. The van der Waals surface area contributed by atoms with Gasteiger partial charge < -0.3 is 4.74 Å². The molecule has 1 aliphatic heterocycles. The van der Waals surface area contributed by atoms with E-state index < -0.39 is 28.3 Å². The highest BCUT2D eigenvalue weighted by Crippen LogP contribution is 2.37. The number of aryl methyl sites for hydroxylation is 1. The number of nitrogens with zero attached hydrogens (tertiary/aromatic N) is 3. The average molecular weight is 380 g/mol. The van der Waals surface area contributed by atoms with Gasteiger partial charge in [0.1, 0.15) is 23.1 Å². The van der Waals surface area contributed by atoms with Crippen LogP contribution in [0.1, 0.15) is 32.8 Å². The van der Waals surface area contributed by atoms with Crippen molar-refractivity contribution in [3.8, 4) is 6.07 Å². The van der Waals surface area contributed by atoms with E-state index in [0.29, 0.717) is 12.0 Å². The summed E-state index contributed by atoms with van der Waals surface area (Å²) in [5.41, 5.74) is -0.343. The molecule has 0 radical (unpaired) electrons. The minimum absolute atomic E-state index is 0.0613. The van der Waals surface area contributed by atoms with Crippen LogP contribution in [-0.4, -0.2) is 28.9 Å². The summed E-state index contributed by atoms with van der Waals surface area (Å²) in [5, 5.41) is 20.2. The summed E-state index contributed by atoms with van der Waals surface area (Å²) in [4.78, 5) is 36.9. The van der Waals surface area contributed by atoms with E-state index in [1.54, 1.807) is 20.8 Å². The molecular formula is C17H18ClN3O5. The number of esters is 1. The second kappa shape index (κ2) is 7.30. The van der Waals surface area contributed by atoms with Crippen LogP contribution in [-0.2, 0) is 20.7 Å². The molecule has 2 rings (SSSR count). The fourth-order valence-corrected chi connectivity index (χ4v) is 2.99. The molecule has 0 spiro atoms. The number of ether oxygens (including phenoxy) is 1. The summed E-state index contributed by atoms with van der Waals surface area (Å²) in [7, 11) is 0. The lowest BCUT2D eigenvalue weighted by Gasteiger charge is -2.25. The number of carbonyl (C=O) groups is 2. The largest absolute Gasteiger partial charge is 0.459 e. The molecule has 1 aromatic rings. The highest BCUT2D eigenvalue weighted by Gasteiger charge is 2.38. The van der Waals surface area contributed by atoms with Crippen LogP contribution in [0.15, 0.2) is 12.1 Å². The van der Waals surface area contributed by atoms with Gasteiger partial charge in [-0.3, -0.25) is 24.6 Å². The zero-order valence-electron chi connectivity index (χ0n) is 14.6. The SMILES string of the molecule is CC(C)(C)OC(=O)C1CCc2cc(Cl)c([N+](=O)[O-])cc2N(CC#N)C1=O. The minimum atomic E-state index is -1.09. The predicted molar refractivity (Wildman–Crippen MR) is 93.7 cm³/mol. The van der Waals surface area contributed by atoms with E-state index in [-0.39, 0.29) is 29.4 Å². The minimum Gasteiger partial charge on any atom is -0.459 e. The lowest BCUT2D eigenvalue weighted by Crippen LogP contribution is -2.41. The maximum absolute atomic E-state index is 12.9. The Bertz CT molecular complexity index is 810. The Hall–Kier alpha value is -2.66. The molecule has 0 saturated heterocycles. The number of nitro benzene ring substituents is 1. The lowest BCUT2D eigenvalue weighted by molar-refractivity contribution is -0.384.